The summed E-state index contributed by atoms with van der Waals surface area (Å²) in [5.74, 6) is 0. The lowest BCUT2D eigenvalue weighted by atomic mass is 10.1. The van der Waals surface area contributed by atoms with Crippen molar-refractivity contribution in [1.82, 2.24) is 0 Å². The van der Waals surface area contributed by atoms with Crippen LogP contribution in [0.15, 0.2) is 24.3 Å². The first kappa shape index (κ1) is 10.0. The number of rotatable bonds is 3. The molecule has 0 spiro atoms. The zero-order valence-corrected chi connectivity index (χ0v) is 8.08. The normalized spacial score (nSPS) is 12.1. The van der Waals surface area contributed by atoms with Crippen LogP contribution in [0.25, 0.3) is 0 Å². The van der Waals surface area contributed by atoms with Crippen LogP contribution in [0.3, 0.4) is 0 Å². The van der Waals surface area contributed by atoms with Crippen molar-refractivity contribution in [3.05, 3.63) is 34.9 Å². The first-order chi connectivity index (χ1) is 6.24. The molecule has 0 saturated heterocycles. The van der Waals surface area contributed by atoms with E-state index in [1.54, 1.807) is 0 Å². The van der Waals surface area contributed by atoms with E-state index in [9.17, 15) is 0 Å². The second kappa shape index (κ2) is 4.86. The second-order valence-corrected chi connectivity index (χ2v) is 3.10. The number of hydrogen-bond acceptors (Lipinski definition) is 2. The van der Waals surface area contributed by atoms with Crippen molar-refractivity contribution >= 4 is 11.6 Å². The highest BCUT2D eigenvalue weighted by molar-refractivity contribution is 6.30. The number of hydrogen-bond donors (Lipinski definition) is 0. The van der Waals surface area contributed by atoms with Crippen LogP contribution in [0.2, 0.25) is 5.02 Å². The first-order valence-electron chi connectivity index (χ1n) is 3.98. The number of nitriles is 1. The van der Waals surface area contributed by atoms with Gasteiger partial charge in [-0.05, 0) is 24.6 Å². The van der Waals surface area contributed by atoms with Crippen molar-refractivity contribution in [2.24, 2.45) is 0 Å². The van der Waals surface area contributed by atoms with Gasteiger partial charge in [0.15, 0.2) is 0 Å². The highest BCUT2D eigenvalue weighted by atomic mass is 35.5. The molecule has 0 saturated carbocycles. The van der Waals surface area contributed by atoms with Crippen molar-refractivity contribution in [3.8, 4) is 6.07 Å². The van der Waals surface area contributed by atoms with E-state index in [0.717, 1.165) is 5.56 Å². The van der Waals surface area contributed by atoms with Gasteiger partial charge in [0.2, 0.25) is 0 Å². The predicted octanol–water partition coefficient (Wildman–Crippen LogP) is 2.94. The van der Waals surface area contributed by atoms with E-state index in [0.29, 0.717) is 5.02 Å². The van der Waals surface area contributed by atoms with E-state index in [1.165, 1.54) is 0 Å². The van der Waals surface area contributed by atoms with E-state index >= 15 is 0 Å². The highest BCUT2D eigenvalue weighted by Crippen LogP contribution is 2.18. The molecule has 2 nitrogen and oxygen atoms in total. The Labute approximate surface area is 82.7 Å². The molecule has 0 aliphatic carbocycles. The predicted molar refractivity (Wildman–Crippen MR) is 51.4 cm³/mol. The Hall–Kier alpha value is -1.04. The maximum atomic E-state index is 8.31. The number of benzene rings is 1. The molecule has 0 bridgehead atoms. The molecule has 1 aromatic rings. The Morgan fingerprint density at radius 3 is 2.62 bits per heavy atom. The standard InChI is InChI=1S/C10H10ClNO/c1-8(13-7-6-12)9-2-4-10(11)5-3-9/h2-5,8H,7H2,1H3. The maximum Gasteiger partial charge on any atom is 0.134 e. The van der Waals surface area contributed by atoms with Gasteiger partial charge in [-0.2, -0.15) is 5.26 Å². The minimum atomic E-state index is -0.0584. The molecule has 3 heteroatoms. The summed E-state index contributed by atoms with van der Waals surface area (Å²) >= 11 is 5.73. The smallest absolute Gasteiger partial charge is 0.134 e. The van der Waals surface area contributed by atoms with Crippen LogP contribution in [-0.4, -0.2) is 6.61 Å². The Balaban J connectivity index is 2.62. The van der Waals surface area contributed by atoms with Crippen molar-refractivity contribution in [1.29, 1.82) is 5.26 Å². The molecule has 0 aliphatic heterocycles. The van der Waals surface area contributed by atoms with Gasteiger partial charge < -0.3 is 4.74 Å². The van der Waals surface area contributed by atoms with Crippen LogP contribution < -0.4 is 0 Å². The molecule has 0 aromatic heterocycles. The maximum absolute atomic E-state index is 8.31. The highest BCUT2D eigenvalue weighted by Gasteiger charge is 2.04. The lowest BCUT2D eigenvalue weighted by Gasteiger charge is -2.10. The summed E-state index contributed by atoms with van der Waals surface area (Å²) in [5, 5.41) is 9.01. The quantitative estimate of drug-likeness (QED) is 0.743. The van der Waals surface area contributed by atoms with E-state index in [4.69, 9.17) is 21.6 Å². The Kier molecular flexibility index (Phi) is 3.75. The molecule has 1 rings (SSSR count). The number of ether oxygens (including phenoxy) is 1. The topological polar surface area (TPSA) is 33.0 Å². The molecule has 1 unspecified atom stereocenters. The summed E-state index contributed by atoms with van der Waals surface area (Å²) in [6.45, 7) is 2.02. The van der Waals surface area contributed by atoms with Crippen molar-refractivity contribution in [3.63, 3.8) is 0 Å². The van der Waals surface area contributed by atoms with E-state index in [1.807, 2.05) is 37.3 Å². The minimum Gasteiger partial charge on any atom is -0.359 e. The molecular weight excluding hydrogens is 186 g/mol. The van der Waals surface area contributed by atoms with Gasteiger partial charge in [0.05, 0.1) is 12.2 Å². The summed E-state index contributed by atoms with van der Waals surface area (Å²) in [6, 6.07) is 9.34. The van der Waals surface area contributed by atoms with E-state index < -0.39 is 0 Å². The monoisotopic (exact) mass is 195 g/mol. The summed E-state index contributed by atoms with van der Waals surface area (Å²) in [5.41, 5.74) is 1.03. The Morgan fingerprint density at radius 2 is 2.08 bits per heavy atom. The van der Waals surface area contributed by atoms with Crippen LogP contribution in [0, 0.1) is 11.3 Å². The van der Waals surface area contributed by atoms with Crippen LogP contribution in [-0.2, 0) is 4.74 Å². The minimum absolute atomic E-state index is 0.0584. The lowest BCUT2D eigenvalue weighted by molar-refractivity contribution is 0.0917. The van der Waals surface area contributed by atoms with Gasteiger partial charge in [-0.1, -0.05) is 23.7 Å². The number of halogens is 1. The first-order valence-corrected chi connectivity index (χ1v) is 4.36. The molecule has 0 amide bonds. The molecule has 0 fully saturated rings. The van der Waals surface area contributed by atoms with Crippen molar-refractivity contribution in [2.75, 3.05) is 6.61 Å². The van der Waals surface area contributed by atoms with Crippen LogP contribution in [0.1, 0.15) is 18.6 Å². The third-order valence-corrected chi connectivity index (χ3v) is 1.99. The fourth-order valence-electron chi connectivity index (χ4n) is 0.992. The van der Waals surface area contributed by atoms with Gasteiger partial charge in [0.25, 0.3) is 0 Å². The van der Waals surface area contributed by atoms with Gasteiger partial charge in [0, 0.05) is 5.02 Å². The summed E-state index contributed by atoms with van der Waals surface area (Å²) in [7, 11) is 0. The Bertz CT molecular complexity index is 302. The van der Waals surface area contributed by atoms with E-state index in [2.05, 4.69) is 0 Å². The fourth-order valence-corrected chi connectivity index (χ4v) is 1.12. The van der Waals surface area contributed by atoms with Crippen LogP contribution in [0.4, 0.5) is 0 Å². The van der Waals surface area contributed by atoms with Gasteiger partial charge in [-0.15, -0.1) is 0 Å². The molecule has 0 radical (unpaired) electrons. The summed E-state index contributed by atoms with van der Waals surface area (Å²) in [4.78, 5) is 0. The third-order valence-electron chi connectivity index (χ3n) is 1.74. The average Bonchev–Trinajstić information content (AvgIpc) is 2.15. The second-order valence-electron chi connectivity index (χ2n) is 2.66. The zero-order chi connectivity index (χ0) is 9.68. The average molecular weight is 196 g/mol. The SMILES string of the molecule is CC(OCC#N)c1ccc(Cl)cc1. The summed E-state index contributed by atoms with van der Waals surface area (Å²) in [6.07, 6.45) is -0.0584. The van der Waals surface area contributed by atoms with Crippen LogP contribution >= 0.6 is 11.6 Å². The van der Waals surface area contributed by atoms with Gasteiger partial charge >= 0.3 is 0 Å². The summed E-state index contributed by atoms with van der Waals surface area (Å²) < 4.78 is 5.21. The van der Waals surface area contributed by atoms with Crippen molar-refractivity contribution < 1.29 is 4.74 Å². The fraction of sp³-hybridized carbons (Fsp3) is 0.300. The Morgan fingerprint density at radius 1 is 1.46 bits per heavy atom. The number of nitrogens with zero attached hydrogens (tertiary/aromatic N) is 1. The molecular formula is C10H10ClNO. The zero-order valence-electron chi connectivity index (χ0n) is 7.33. The molecule has 0 heterocycles. The molecule has 68 valence electrons. The largest absolute Gasteiger partial charge is 0.359 e. The molecule has 13 heavy (non-hydrogen) atoms. The molecule has 0 N–H and O–H groups in total. The van der Waals surface area contributed by atoms with Crippen molar-refractivity contribution in [2.45, 2.75) is 13.0 Å². The van der Waals surface area contributed by atoms with Gasteiger partial charge in [0.1, 0.15) is 6.61 Å². The van der Waals surface area contributed by atoms with Crippen LogP contribution in [0.5, 0.6) is 0 Å². The van der Waals surface area contributed by atoms with E-state index in [-0.39, 0.29) is 12.7 Å². The molecule has 0 aliphatic rings. The third kappa shape index (κ3) is 3.06. The van der Waals surface area contributed by atoms with Gasteiger partial charge in [-0.3, -0.25) is 0 Å². The van der Waals surface area contributed by atoms with Gasteiger partial charge in [-0.25, -0.2) is 0 Å². The lowest BCUT2D eigenvalue weighted by Crippen LogP contribution is -1.99. The molecule has 1 atom stereocenters. The molecule has 1 aromatic carbocycles.